The molecule has 3 heteroatoms. The average Bonchev–Trinajstić information content (AvgIpc) is 2.36. The second kappa shape index (κ2) is 5.25. The van der Waals surface area contributed by atoms with E-state index in [2.05, 4.69) is 0 Å². The van der Waals surface area contributed by atoms with Crippen molar-refractivity contribution in [2.24, 2.45) is 5.41 Å². The SMILES string of the molecule is CC(O)c1ccc2cc(OC(=O)C(C)(C)C)ccc2c1. The van der Waals surface area contributed by atoms with Crippen LogP contribution in [0.4, 0.5) is 0 Å². The molecule has 0 aromatic heterocycles. The summed E-state index contributed by atoms with van der Waals surface area (Å²) in [5.41, 5.74) is 0.349. The fourth-order valence-electron chi connectivity index (χ4n) is 1.83. The minimum atomic E-state index is -0.523. The number of fused-ring (bicyclic) bond motifs is 1. The molecule has 106 valence electrons. The van der Waals surface area contributed by atoms with Crippen LogP contribution in [-0.2, 0) is 4.79 Å². The number of carbonyl (C=O) groups excluding carboxylic acids is 1. The van der Waals surface area contributed by atoms with Crippen LogP contribution in [0.2, 0.25) is 0 Å². The number of hydrogen-bond donors (Lipinski definition) is 1. The van der Waals surface area contributed by atoms with E-state index >= 15 is 0 Å². The summed E-state index contributed by atoms with van der Waals surface area (Å²) in [5, 5.41) is 11.6. The van der Waals surface area contributed by atoms with Crippen molar-refractivity contribution in [1.29, 1.82) is 0 Å². The van der Waals surface area contributed by atoms with Crippen LogP contribution in [-0.4, -0.2) is 11.1 Å². The lowest BCUT2D eigenvalue weighted by molar-refractivity contribution is -0.142. The van der Waals surface area contributed by atoms with Crippen molar-refractivity contribution in [1.82, 2.24) is 0 Å². The first kappa shape index (κ1) is 14.5. The number of aliphatic hydroxyl groups is 1. The maximum Gasteiger partial charge on any atom is 0.316 e. The molecule has 0 aliphatic heterocycles. The zero-order valence-electron chi connectivity index (χ0n) is 12.3. The smallest absolute Gasteiger partial charge is 0.316 e. The van der Waals surface area contributed by atoms with Crippen LogP contribution in [0.3, 0.4) is 0 Å². The third-order valence-corrected chi connectivity index (χ3v) is 3.14. The molecule has 0 fully saturated rings. The topological polar surface area (TPSA) is 46.5 Å². The van der Waals surface area contributed by atoms with Gasteiger partial charge >= 0.3 is 5.97 Å². The van der Waals surface area contributed by atoms with E-state index in [-0.39, 0.29) is 5.97 Å². The fraction of sp³-hybridized carbons (Fsp3) is 0.353. The number of esters is 1. The van der Waals surface area contributed by atoms with Gasteiger partial charge in [0, 0.05) is 0 Å². The molecular weight excluding hydrogens is 252 g/mol. The van der Waals surface area contributed by atoms with Crippen LogP contribution >= 0.6 is 0 Å². The van der Waals surface area contributed by atoms with Gasteiger partial charge in [-0.3, -0.25) is 4.79 Å². The van der Waals surface area contributed by atoms with Gasteiger partial charge in [-0.05, 0) is 62.2 Å². The van der Waals surface area contributed by atoms with E-state index in [1.165, 1.54) is 0 Å². The van der Waals surface area contributed by atoms with Crippen LogP contribution in [0, 0.1) is 5.41 Å². The van der Waals surface area contributed by atoms with Gasteiger partial charge in [0.05, 0.1) is 11.5 Å². The number of hydrogen-bond acceptors (Lipinski definition) is 3. The van der Waals surface area contributed by atoms with Crippen molar-refractivity contribution in [3.05, 3.63) is 42.0 Å². The summed E-state index contributed by atoms with van der Waals surface area (Å²) >= 11 is 0. The molecule has 0 saturated carbocycles. The Labute approximate surface area is 119 Å². The third kappa shape index (κ3) is 3.17. The Kier molecular flexibility index (Phi) is 3.82. The van der Waals surface area contributed by atoms with Gasteiger partial charge in [-0.1, -0.05) is 18.2 Å². The van der Waals surface area contributed by atoms with Gasteiger partial charge in [-0.15, -0.1) is 0 Å². The molecule has 2 aromatic carbocycles. The molecule has 0 saturated heterocycles. The first-order valence-electron chi connectivity index (χ1n) is 6.71. The van der Waals surface area contributed by atoms with Gasteiger partial charge in [-0.2, -0.15) is 0 Å². The summed E-state index contributed by atoms with van der Waals surface area (Å²) in [5.74, 6) is 0.291. The molecule has 1 atom stereocenters. The van der Waals surface area contributed by atoms with E-state index in [1.807, 2.05) is 51.1 Å². The minimum Gasteiger partial charge on any atom is -0.426 e. The molecule has 0 aliphatic rings. The minimum absolute atomic E-state index is 0.252. The molecule has 0 heterocycles. The summed E-state index contributed by atoms with van der Waals surface area (Å²) in [7, 11) is 0. The maximum absolute atomic E-state index is 11.9. The number of carbonyl (C=O) groups is 1. The second-order valence-electron chi connectivity index (χ2n) is 6.08. The number of aliphatic hydroxyl groups excluding tert-OH is 1. The fourth-order valence-corrected chi connectivity index (χ4v) is 1.83. The normalized spacial score (nSPS) is 13.2. The van der Waals surface area contributed by atoms with Gasteiger partial charge in [-0.25, -0.2) is 0 Å². The molecular formula is C17H20O3. The van der Waals surface area contributed by atoms with Crippen molar-refractivity contribution in [3.63, 3.8) is 0 Å². The Morgan fingerprint density at radius 2 is 1.70 bits per heavy atom. The molecule has 0 amide bonds. The monoisotopic (exact) mass is 272 g/mol. The first-order valence-corrected chi connectivity index (χ1v) is 6.71. The van der Waals surface area contributed by atoms with Gasteiger partial charge in [0.1, 0.15) is 5.75 Å². The predicted molar refractivity (Wildman–Crippen MR) is 79.7 cm³/mol. The van der Waals surface area contributed by atoms with E-state index in [4.69, 9.17) is 4.74 Å². The highest BCUT2D eigenvalue weighted by Crippen LogP contribution is 2.26. The molecule has 3 nitrogen and oxygen atoms in total. The Morgan fingerprint density at radius 1 is 1.10 bits per heavy atom. The summed E-state index contributed by atoms with van der Waals surface area (Å²) in [6, 6.07) is 11.2. The molecule has 0 bridgehead atoms. The van der Waals surface area contributed by atoms with Gasteiger partial charge in [0.15, 0.2) is 0 Å². The molecule has 1 unspecified atom stereocenters. The first-order chi connectivity index (χ1) is 9.27. The van der Waals surface area contributed by atoms with E-state index in [1.54, 1.807) is 13.0 Å². The van der Waals surface area contributed by atoms with Crippen molar-refractivity contribution >= 4 is 16.7 Å². The number of ether oxygens (including phenoxy) is 1. The molecule has 1 N–H and O–H groups in total. The van der Waals surface area contributed by atoms with Gasteiger partial charge in [0.2, 0.25) is 0 Å². The Balaban J connectivity index is 2.31. The maximum atomic E-state index is 11.9. The Hall–Kier alpha value is -1.87. The largest absolute Gasteiger partial charge is 0.426 e. The Morgan fingerprint density at radius 3 is 2.30 bits per heavy atom. The quantitative estimate of drug-likeness (QED) is 0.667. The predicted octanol–water partition coefficient (Wildman–Crippen LogP) is 3.84. The number of benzene rings is 2. The van der Waals surface area contributed by atoms with Crippen LogP contribution in [0.15, 0.2) is 36.4 Å². The average molecular weight is 272 g/mol. The van der Waals surface area contributed by atoms with Crippen LogP contribution in [0.1, 0.15) is 39.4 Å². The van der Waals surface area contributed by atoms with E-state index in [0.29, 0.717) is 5.75 Å². The van der Waals surface area contributed by atoms with Crippen LogP contribution in [0.5, 0.6) is 5.75 Å². The summed E-state index contributed by atoms with van der Waals surface area (Å²) in [6.45, 7) is 7.21. The molecule has 20 heavy (non-hydrogen) atoms. The highest BCUT2D eigenvalue weighted by atomic mass is 16.5. The summed E-state index contributed by atoms with van der Waals surface area (Å²) in [6.07, 6.45) is -0.488. The van der Waals surface area contributed by atoms with Crippen LogP contribution < -0.4 is 4.74 Å². The zero-order valence-corrected chi connectivity index (χ0v) is 12.3. The Bertz CT molecular complexity index is 636. The zero-order chi connectivity index (χ0) is 14.9. The lowest BCUT2D eigenvalue weighted by Gasteiger charge is -2.16. The molecule has 0 aliphatic carbocycles. The standard InChI is InChI=1S/C17H20O3/c1-11(18)12-5-6-14-10-15(8-7-13(14)9-12)20-16(19)17(2,3)4/h5-11,18H,1-4H3. The van der Waals surface area contributed by atoms with Crippen molar-refractivity contribution in [3.8, 4) is 5.75 Å². The molecule has 2 aromatic rings. The van der Waals surface area contributed by atoms with E-state index in [0.717, 1.165) is 16.3 Å². The highest BCUT2D eigenvalue weighted by Gasteiger charge is 2.23. The second-order valence-corrected chi connectivity index (χ2v) is 6.08. The van der Waals surface area contributed by atoms with Gasteiger partial charge < -0.3 is 9.84 Å². The van der Waals surface area contributed by atoms with Crippen LogP contribution in [0.25, 0.3) is 10.8 Å². The van der Waals surface area contributed by atoms with Crippen molar-refractivity contribution < 1.29 is 14.6 Å². The van der Waals surface area contributed by atoms with Crippen molar-refractivity contribution in [2.75, 3.05) is 0 Å². The van der Waals surface area contributed by atoms with Crippen molar-refractivity contribution in [2.45, 2.75) is 33.8 Å². The highest BCUT2D eigenvalue weighted by molar-refractivity contribution is 5.86. The molecule has 2 rings (SSSR count). The third-order valence-electron chi connectivity index (χ3n) is 3.14. The number of rotatable bonds is 2. The molecule has 0 radical (unpaired) electrons. The van der Waals surface area contributed by atoms with E-state index in [9.17, 15) is 9.90 Å². The summed E-state index contributed by atoms with van der Waals surface area (Å²) < 4.78 is 5.38. The van der Waals surface area contributed by atoms with E-state index < -0.39 is 11.5 Å². The lowest BCUT2D eigenvalue weighted by Crippen LogP contribution is -2.25. The summed E-state index contributed by atoms with van der Waals surface area (Å²) in [4.78, 5) is 11.9. The molecule has 0 spiro atoms. The lowest BCUT2D eigenvalue weighted by atomic mass is 9.97. The van der Waals surface area contributed by atoms with Gasteiger partial charge in [0.25, 0.3) is 0 Å².